The first kappa shape index (κ1) is 21.7. The third kappa shape index (κ3) is 5.98. The molecule has 0 saturated carbocycles. The monoisotopic (exact) mass is 491 g/mol. The maximum absolute atomic E-state index is 5.39. The van der Waals surface area contributed by atoms with E-state index in [0.717, 1.165) is 29.6 Å². The lowest BCUT2D eigenvalue weighted by Gasteiger charge is -2.14. The van der Waals surface area contributed by atoms with Gasteiger partial charge in [-0.25, -0.2) is 4.98 Å². The van der Waals surface area contributed by atoms with Gasteiger partial charge in [0.25, 0.3) is 0 Å². The van der Waals surface area contributed by atoms with Crippen LogP contribution in [-0.4, -0.2) is 29.7 Å². The van der Waals surface area contributed by atoms with E-state index in [-0.39, 0.29) is 24.0 Å². The molecule has 7 heteroatoms. The number of hydrogen-bond donors (Lipinski definition) is 2. The van der Waals surface area contributed by atoms with Crippen molar-refractivity contribution in [2.75, 3.05) is 14.2 Å². The minimum atomic E-state index is 0. The number of nitrogens with zero attached hydrogens (tertiary/aromatic N) is 3. The summed E-state index contributed by atoms with van der Waals surface area (Å²) in [4.78, 5) is 8.75. The fraction of sp³-hybridized carbons (Fsp3) is 0.238. The number of para-hydroxylation sites is 1. The van der Waals surface area contributed by atoms with Crippen molar-refractivity contribution >= 4 is 29.9 Å². The molecule has 0 aliphatic heterocycles. The summed E-state index contributed by atoms with van der Waals surface area (Å²) in [7, 11) is 3.44. The van der Waals surface area contributed by atoms with E-state index in [2.05, 4.69) is 37.3 Å². The predicted octanol–water partition coefficient (Wildman–Crippen LogP) is 3.42. The Morgan fingerprint density at radius 1 is 1.04 bits per heavy atom. The number of aromatic nitrogens is 2. The van der Waals surface area contributed by atoms with Crippen molar-refractivity contribution in [1.82, 2.24) is 20.2 Å². The number of benzene rings is 2. The van der Waals surface area contributed by atoms with E-state index in [1.165, 1.54) is 5.56 Å². The third-order valence-corrected chi connectivity index (χ3v) is 4.27. The van der Waals surface area contributed by atoms with Gasteiger partial charge < -0.3 is 19.9 Å². The van der Waals surface area contributed by atoms with Crippen molar-refractivity contribution in [1.29, 1.82) is 0 Å². The topological polar surface area (TPSA) is 63.5 Å². The molecule has 0 saturated heterocycles. The Morgan fingerprint density at radius 2 is 1.75 bits per heavy atom. The SMILES string of the molecule is CN=C(NCc1ccccc1OC)NCc1nccn1Cc1ccccc1.I. The molecular formula is C21H26IN5O. The highest BCUT2D eigenvalue weighted by Crippen LogP contribution is 2.16. The molecule has 0 bridgehead atoms. The summed E-state index contributed by atoms with van der Waals surface area (Å²) in [6, 6.07) is 18.3. The van der Waals surface area contributed by atoms with Crippen LogP contribution in [0.3, 0.4) is 0 Å². The molecule has 0 unspecified atom stereocenters. The van der Waals surface area contributed by atoms with E-state index in [1.54, 1.807) is 14.2 Å². The summed E-state index contributed by atoms with van der Waals surface area (Å²) < 4.78 is 7.52. The van der Waals surface area contributed by atoms with Crippen LogP contribution in [0.25, 0.3) is 0 Å². The third-order valence-electron chi connectivity index (χ3n) is 4.27. The summed E-state index contributed by atoms with van der Waals surface area (Å²) >= 11 is 0. The smallest absolute Gasteiger partial charge is 0.191 e. The number of imidazole rings is 1. The van der Waals surface area contributed by atoms with Gasteiger partial charge in [0.05, 0.1) is 13.7 Å². The van der Waals surface area contributed by atoms with Gasteiger partial charge in [-0.15, -0.1) is 24.0 Å². The molecule has 1 aromatic heterocycles. The summed E-state index contributed by atoms with van der Waals surface area (Å²) in [5.74, 6) is 2.54. The summed E-state index contributed by atoms with van der Waals surface area (Å²) in [5, 5.41) is 6.63. The highest BCUT2D eigenvalue weighted by atomic mass is 127. The Morgan fingerprint density at radius 3 is 2.50 bits per heavy atom. The van der Waals surface area contributed by atoms with E-state index in [1.807, 2.05) is 54.9 Å². The van der Waals surface area contributed by atoms with Crippen molar-refractivity contribution in [2.45, 2.75) is 19.6 Å². The molecule has 0 radical (unpaired) electrons. The van der Waals surface area contributed by atoms with Crippen molar-refractivity contribution in [3.63, 3.8) is 0 Å². The van der Waals surface area contributed by atoms with Gasteiger partial charge in [-0.05, 0) is 11.6 Å². The van der Waals surface area contributed by atoms with Crippen LogP contribution in [0, 0.1) is 0 Å². The molecule has 148 valence electrons. The molecule has 3 aromatic rings. The molecule has 0 spiro atoms. The first-order valence-corrected chi connectivity index (χ1v) is 8.90. The average molecular weight is 491 g/mol. The van der Waals surface area contributed by atoms with Crippen LogP contribution < -0.4 is 15.4 Å². The van der Waals surface area contributed by atoms with Crippen LogP contribution in [0.15, 0.2) is 72.0 Å². The second-order valence-corrected chi connectivity index (χ2v) is 6.05. The Kier molecular flexibility index (Phi) is 8.80. The number of guanidine groups is 1. The summed E-state index contributed by atoms with van der Waals surface area (Å²) in [5.41, 5.74) is 2.32. The lowest BCUT2D eigenvalue weighted by molar-refractivity contribution is 0.409. The Balaban J connectivity index is 0.00000280. The van der Waals surface area contributed by atoms with Gasteiger partial charge in [-0.1, -0.05) is 48.5 Å². The first-order chi connectivity index (χ1) is 13.3. The fourth-order valence-corrected chi connectivity index (χ4v) is 2.84. The number of aliphatic imine (C=N–C) groups is 1. The van der Waals surface area contributed by atoms with Crippen LogP contribution in [0.4, 0.5) is 0 Å². The van der Waals surface area contributed by atoms with Crippen molar-refractivity contribution in [3.8, 4) is 5.75 Å². The molecule has 0 aliphatic carbocycles. The zero-order valence-corrected chi connectivity index (χ0v) is 18.5. The maximum Gasteiger partial charge on any atom is 0.191 e. The van der Waals surface area contributed by atoms with Gasteiger partial charge in [-0.3, -0.25) is 4.99 Å². The quantitative estimate of drug-likeness (QED) is 0.302. The molecule has 1 heterocycles. The normalized spacial score (nSPS) is 10.9. The number of rotatable bonds is 7. The van der Waals surface area contributed by atoms with Gasteiger partial charge in [0, 0.05) is 38.1 Å². The van der Waals surface area contributed by atoms with Crippen LogP contribution in [0.1, 0.15) is 17.0 Å². The van der Waals surface area contributed by atoms with Crippen LogP contribution in [0.5, 0.6) is 5.75 Å². The van der Waals surface area contributed by atoms with E-state index in [0.29, 0.717) is 13.1 Å². The molecule has 0 amide bonds. The molecule has 6 nitrogen and oxygen atoms in total. The molecule has 2 aromatic carbocycles. The minimum absolute atomic E-state index is 0. The number of methoxy groups -OCH3 is 1. The second kappa shape index (κ2) is 11.3. The molecular weight excluding hydrogens is 465 g/mol. The van der Waals surface area contributed by atoms with Gasteiger partial charge >= 0.3 is 0 Å². The fourth-order valence-electron chi connectivity index (χ4n) is 2.84. The molecule has 3 rings (SSSR count). The minimum Gasteiger partial charge on any atom is -0.496 e. The van der Waals surface area contributed by atoms with Crippen molar-refractivity contribution in [3.05, 3.63) is 83.9 Å². The van der Waals surface area contributed by atoms with Gasteiger partial charge in [-0.2, -0.15) is 0 Å². The summed E-state index contributed by atoms with van der Waals surface area (Å²) in [6.07, 6.45) is 3.82. The molecule has 0 fully saturated rings. The number of hydrogen-bond acceptors (Lipinski definition) is 3. The largest absolute Gasteiger partial charge is 0.496 e. The predicted molar refractivity (Wildman–Crippen MR) is 123 cm³/mol. The highest BCUT2D eigenvalue weighted by Gasteiger charge is 2.06. The zero-order chi connectivity index (χ0) is 18.9. The van der Waals surface area contributed by atoms with Gasteiger partial charge in [0.2, 0.25) is 0 Å². The van der Waals surface area contributed by atoms with Gasteiger partial charge in [0.1, 0.15) is 11.6 Å². The van der Waals surface area contributed by atoms with Crippen LogP contribution >= 0.6 is 24.0 Å². The van der Waals surface area contributed by atoms with Crippen molar-refractivity contribution in [2.24, 2.45) is 4.99 Å². The van der Waals surface area contributed by atoms with Crippen molar-refractivity contribution < 1.29 is 4.74 Å². The first-order valence-electron chi connectivity index (χ1n) is 8.90. The zero-order valence-electron chi connectivity index (χ0n) is 16.1. The van der Waals surface area contributed by atoms with E-state index in [9.17, 15) is 0 Å². The highest BCUT2D eigenvalue weighted by molar-refractivity contribution is 14.0. The maximum atomic E-state index is 5.39. The standard InChI is InChI=1S/C21H25N5O.HI/c1-22-21(24-14-18-10-6-7-11-19(18)27-2)25-15-20-23-12-13-26(20)16-17-8-4-3-5-9-17;/h3-13H,14-16H2,1-2H3,(H2,22,24,25);1H. The Hall–Kier alpha value is -2.55. The molecule has 28 heavy (non-hydrogen) atoms. The second-order valence-electron chi connectivity index (χ2n) is 6.05. The molecule has 0 atom stereocenters. The number of ether oxygens (including phenoxy) is 1. The molecule has 2 N–H and O–H groups in total. The van der Waals surface area contributed by atoms with Crippen LogP contribution in [0.2, 0.25) is 0 Å². The van der Waals surface area contributed by atoms with E-state index in [4.69, 9.17) is 4.74 Å². The Labute approximate surface area is 183 Å². The van der Waals surface area contributed by atoms with Gasteiger partial charge in [0.15, 0.2) is 5.96 Å². The lowest BCUT2D eigenvalue weighted by Crippen LogP contribution is -2.37. The summed E-state index contributed by atoms with van der Waals surface area (Å²) in [6.45, 7) is 2.01. The average Bonchev–Trinajstić information content (AvgIpc) is 3.16. The molecule has 0 aliphatic rings. The van der Waals surface area contributed by atoms with Crippen LogP contribution in [-0.2, 0) is 19.6 Å². The Bertz CT molecular complexity index is 879. The number of nitrogens with one attached hydrogen (secondary N) is 2. The number of halogens is 1. The van der Waals surface area contributed by atoms with E-state index >= 15 is 0 Å². The van der Waals surface area contributed by atoms with E-state index < -0.39 is 0 Å². The lowest BCUT2D eigenvalue weighted by atomic mass is 10.2.